The molecule has 0 saturated heterocycles. The van der Waals surface area contributed by atoms with E-state index in [4.69, 9.17) is 5.73 Å². The molecule has 0 aliphatic carbocycles. The van der Waals surface area contributed by atoms with Gasteiger partial charge in [0.15, 0.2) is 0 Å². The molecule has 2 nitrogen and oxygen atoms in total. The van der Waals surface area contributed by atoms with E-state index >= 15 is 0 Å². The molecule has 2 N–H and O–H groups in total. The van der Waals surface area contributed by atoms with Crippen LogP contribution in [0.25, 0.3) is 0 Å². The Hall–Kier alpha value is -1.16. The molecule has 1 aromatic carbocycles. The molecule has 3 heteroatoms. The molecule has 0 radical (unpaired) electrons. The van der Waals surface area contributed by atoms with Crippen LogP contribution in [0.5, 0.6) is 0 Å². The maximum absolute atomic E-state index is 6.02. The van der Waals surface area contributed by atoms with Gasteiger partial charge in [0.1, 0.15) is 0 Å². The Balaban J connectivity index is 1.60. The maximum atomic E-state index is 6.02. The van der Waals surface area contributed by atoms with Gasteiger partial charge in [0.2, 0.25) is 0 Å². The van der Waals surface area contributed by atoms with E-state index in [2.05, 4.69) is 46.7 Å². The zero-order chi connectivity index (χ0) is 13.8. The number of nitrogens with two attached hydrogens (primary N) is 1. The van der Waals surface area contributed by atoms with Crippen LogP contribution in [0.2, 0.25) is 0 Å². The van der Waals surface area contributed by atoms with Gasteiger partial charge in [-0.05, 0) is 41.8 Å². The van der Waals surface area contributed by atoms with Crippen LogP contribution in [0.15, 0.2) is 41.8 Å². The Morgan fingerprint density at radius 1 is 1.20 bits per heavy atom. The number of hydrogen-bond donors (Lipinski definition) is 1. The summed E-state index contributed by atoms with van der Waals surface area (Å²) in [5, 5.41) is 2.22. The SMILES string of the molecule is NCC(CCc1ccccc1)N1CCc2sccc2C1. The lowest BCUT2D eigenvalue weighted by molar-refractivity contribution is 0.175. The summed E-state index contributed by atoms with van der Waals surface area (Å²) in [7, 11) is 0. The first kappa shape index (κ1) is 13.8. The fourth-order valence-corrected chi connectivity index (χ4v) is 3.90. The van der Waals surface area contributed by atoms with Crippen molar-refractivity contribution in [3.05, 3.63) is 57.8 Å². The van der Waals surface area contributed by atoms with Gasteiger partial charge in [-0.3, -0.25) is 4.90 Å². The summed E-state index contributed by atoms with van der Waals surface area (Å²) < 4.78 is 0. The topological polar surface area (TPSA) is 29.3 Å². The van der Waals surface area contributed by atoms with Crippen LogP contribution < -0.4 is 5.73 Å². The molecule has 0 bridgehead atoms. The van der Waals surface area contributed by atoms with E-state index in [9.17, 15) is 0 Å². The number of nitrogens with zero attached hydrogens (tertiary/aromatic N) is 1. The first-order valence-corrected chi connectivity index (χ1v) is 8.28. The summed E-state index contributed by atoms with van der Waals surface area (Å²) in [6, 6.07) is 13.5. The normalized spacial score (nSPS) is 16.9. The first-order valence-electron chi connectivity index (χ1n) is 7.40. The van der Waals surface area contributed by atoms with E-state index in [1.165, 1.54) is 17.5 Å². The smallest absolute Gasteiger partial charge is 0.0248 e. The second kappa shape index (κ2) is 6.53. The molecule has 0 fully saturated rings. The minimum atomic E-state index is 0.503. The van der Waals surface area contributed by atoms with Crippen molar-refractivity contribution in [1.82, 2.24) is 4.90 Å². The highest BCUT2D eigenvalue weighted by atomic mass is 32.1. The summed E-state index contributed by atoms with van der Waals surface area (Å²) in [6.45, 7) is 2.99. The highest BCUT2D eigenvalue weighted by Gasteiger charge is 2.23. The van der Waals surface area contributed by atoms with Gasteiger partial charge in [-0.25, -0.2) is 0 Å². The van der Waals surface area contributed by atoms with Crippen molar-refractivity contribution >= 4 is 11.3 Å². The Kier molecular flexibility index (Phi) is 4.51. The minimum Gasteiger partial charge on any atom is -0.329 e. The molecule has 1 aromatic heterocycles. The lowest BCUT2D eigenvalue weighted by Gasteiger charge is -2.34. The Bertz CT molecular complexity index is 535. The molecule has 1 atom stereocenters. The van der Waals surface area contributed by atoms with Crippen LogP contribution in [-0.4, -0.2) is 24.0 Å². The van der Waals surface area contributed by atoms with E-state index in [1.807, 2.05) is 11.3 Å². The van der Waals surface area contributed by atoms with Gasteiger partial charge in [-0.15, -0.1) is 11.3 Å². The van der Waals surface area contributed by atoms with Crippen molar-refractivity contribution in [3.63, 3.8) is 0 Å². The van der Waals surface area contributed by atoms with Crippen molar-refractivity contribution in [1.29, 1.82) is 0 Å². The molecule has 0 spiro atoms. The van der Waals surface area contributed by atoms with E-state index in [0.29, 0.717) is 6.04 Å². The molecule has 1 aliphatic heterocycles. The van der Waals surface area contributed by atoms with E-state index in [1.54, 1.807) is 4.88 Å². The molecule has 20 heavy (non-hydrogen) atoms. The zero-order valence-corrected chi connectivity index (χ0v) is 12.6. The van der Waals surface area contributed by atoms with Crippen molar-refractivity contribution < 1.29 is 0 Å². The molecule has 1 aliphatic rings. The molecule has 1 unspecified atom stereocenters. The quantitative estimate of drug-likeness (QED) is 0.915. The fourth-order valence-electron chi connectivity index (χ4n) is 3.01. The van der Waals surface area contributed by atoms with Gasteiger partial charge in [-0.1, -0.05) is 30.3 Å². The number of benzene rings is 1. The third-order valence-corrected chi connectivity index (χ3v) is 5.26. The van der Waals surface area contributed by atoms with Crippen molar-refractivity contribution in [2.24, 2.45) is 5.73 Å². The molecule has 2 aromatic rings. The van der Waals surface area contributed by atoms with Crippen molar-refractivity contribution in [2.75, 3.05) is 13.1 Å². The molecule has 106 valence electrons. The molecule has 0 saturated carbocycles. The lowest BCUT2D eigenvalue weighted by Crippen LogP contribution is -2.43. The number of rotatable bonds is 5. The van der Waals surface area contributed by atoms with Crippen molar-refractivity contribution in [2.45, 2.75) is 31.8 Å². The third-order valence-electron chi connectivity index (χ3n) is 4.23. The molecule has 0 amide bonds. The maximum Gasteiger partial charge on any atom is 0.0248 e. The lowest BCUT2D eigenvalue weighted by atomic mass is 10.0. The summed E-state index contributed by atoms with van der Waals surface area (Å²) in [6.07, 6.45) is 3.46. The van der Waals surface area contributed by atoms with E-state index in [-0.39, 0.29) is 0 Å². The predicted octanol–water partition coefficient (Wildman–Crippen LogP) is 3.07. The molecular weight excluding hydrogens is 264 g/mol. The van der Waals surface area contributed by atoms with Crippen LogP contribution in [-0.2, 0) is 19.4 Å². The number of fused-ring (bicyclic) bond motifs is 1. The Labute approximate surface area is 125 Å². The first-order chi connectivity index (χ1) is 9.86. The zero-order valence-electron chi connectivity index (χ0n) is 11.8. The minimum absolute atomic E-state index is 0.503. The monoisotopic (exact) mass is 286 g/mol. The van der Waals surface area contributed by atoms with Gasteiger partial charge in [0, 0.05) is 30.6 Å². The number of hydrogen-bond acceptors (Lipinski definition) is 3. The van der Waals surface area contributed by atoms with Gasteiger partial charge >= 0.3 is 0 Å². The summed E-state index contributed by atoms with van der Waals surface area (Å²) in [5.74, 6) is 0. The summed E-state index contributed by atoms with van der Waals surface area (Å²) in [4.78, 5) is 4.14. The van der Waals surface area contributed by atoms with Gasteiger partial charge < -0.3 is 5.73 Å². The largest absolute Gasteiger partial charge is 0.329 e. The fraction of sp³-hybridized carbons (Fsp3) is 0.412. The van der Waals surface area contributed by atoms with Gasteiger partial charge in [0.05, 0.1) is 0 Å². The number of thiophene rings is 1. The molecule has 3 rings (SSSR count). The Morgan fingerprint density at radius 3 is 2.85 bits per heavy atom. The van der Waals surface area contributed by atoms with Crippen LogP contribution in [0.1, 0.15) is 22.4 Å². The van der Waals surface area contributed by atoms with Crippen molar-refractivity contribution in [3.8, 4) is 0 Å². The van der Waals surface area contributed by atoms with Crippen LogP contribution in [0.3, 0.4) is 0 Å². The molecular formula is C17H22N2S. The third kappa shape index (κ3) is 3.11. The molecule has 2 heterocycles. The highest BCUT2D eigenvalue weighted by Crippen LogP contribution is 2.26. The average Bonchev–Trinajstić information content (AvgIpc) is 2.96. The van der Waals surface area contributed by atoms with Crippen LogP contribution >= 0.6 is 11.3 Å². The standard InChI is InChI=1S/C17H22N2S/c18-12-16(7-6-14-4-2-1-3-5-14)19-10-8-17-15(13-19)9-11-20-17/h1-5,9,11,16H,6-8,10,12-13,18H2. The van der Waals surface area contributed by atoms with Crippen LogP contribution in [0.4, 0.5) is 0 Å². The van der Waals surface area contributed by atoms with Gasteiger partial charge in [-0.2, -0.15) is 0 Å². The van der Waals surface area contributed by atoms with Crippen LogP contribution in [0, 0.1) is 0 Å². The van der Waals surface area contributed by atoms with Gasteiger partial charge in [0.25, 0.3) is 0 Å². The predicted molar refractivity (Wildman–Crippen MR) is 86.0 cm³/mol. The van der Waals surface area contributed by atoms with E-state index in [0.717, 1.165) is 32.5 Å². The van der Waals surface area contributed by atoms with E-state index < -0.39 is 0 Å². The summed E-state index contributed by atoms with van der Waals surface area (Å²) >= 11 is 1.90. The second-order valence-corrected chi connectivity index (χ2v) is 6.50. The highest BCUT2D eigenvalue weighted by molar-refractivity contribution is 7.10. The summed E-state index contributed by atoms with van der Waals surface area (Å²) in [5.41, 5.74) is 8.95. The Morgan fingerprint density at radius 2 is 2.05 bits per heavy atom. The average molecular weight is 286 g/mol. The second-order valence-electron chi connectivity index (χ2n) is 5.50. The number of aryl methyl sites for hydroxylation is 1.